The van der Waals surface area contributed by atoms with E-state index in [0.717, 1.165) is 12.8 Å². The molecule has 0 spiro atoms. The summed E-state index contributed by atoms with van der Waals surface area (Å²) in [6, 6.07) is 11.5. The smallest absolute Gasteiger partial charge is 0.260 e. The first-order valence-electron chi connectivity index (χ1n) is 10.1. The highest BCUT2D eigenvalue weighted by Gasteiger charge is 2.45. The van der Waals surface area contributed by atoms with Gasteiger partial charge in [-0.3, -0.25) is 4.79 Å². The Bertz CT molecular complexity index is 883. The van der Waals surface area contributed by atoms with Gasteiger partial charge in [-0.05, 0) is 43.0 Å². The van der Waals surface area contributed by atoms with E-state index in [1.165, 1.54) is 12.1 Å². The number of carbonyl (C=O) groups excluding carboxylic acids is 1. The molecule has 30 heavy (non-hydrogen) atoms. The normalized spacial score (nSPS) is 22.5. The predicted octanol–water partition coefficient (Wildman–Crippen LogP) is 3.54. The van der Waals surface area contributed by atoms with Crippen molar-refractivity contribution in [3.63, 3.8) is 0 Å². The van der Waals surface area contributed by atoms with Crippen LogP contribution in [0, 0.1) is 17.7 Å². The lowest BCUT2D eigenvalue weighted by Gasteiger charge is -2.22. The van der Waals surface area contributed by atoms with E-state index in [-0.39, 0.29) is 30.4 Å². The van der Waals surface area contributed by atoms with Crippen LogP contribution in [0.3, 0.4) is 0 Å². The Balaban J connectivity index is 1.36. The van der Waals surface area contributed by atoms with Gasteiger partial charge in [0, 0.05) is 25.1 Å². The second-order valence-electron chi connectivity index (χ2n) is 7.69. The first-order chi connectivity index (χ1) is 14.6. The van der Waals surface area contributed by atoms with Gasteiger partial charge in [-0.1, -0.05) is 12.1 Å². The molecule has 2 aromatic rings. The van der Waals surface area contributed by atoms with Crippen molar-refractivity contribution in [2.24, 2.45) is 11.8 Å². The van der Waals surface area contributed by atoms with Gasteiger partial charge in [0.1, 0.15) is 17.7 Å². The van der Waals surface area contributed by atoms with Crippen LogP contribution in [0.15, 0.2) is 42.5 Å². The summed E-state index contributed by atoms with van der Waals surface area (Å²) in [7, 11) is 3.09. The number of hydrogen-bond acceptors (Lipinski definition) is 5. The molecule has 160 valence electrons. The lowest BCUT2D eigenvalue weighted by atomic mass is 9.99. The van der Waals surface area contributed by atoms with Gasteiger partial charge in [0.05, 0.1) is 14.2 Å². The molecule has 4 rings (SSSR count). The molecule has 2 aromatic carbocycles. The van der Waals surface area contributed by atoms with Gasteiger partial charge >= 0.3 is 0 Å². The summed E-state index contributed by atoms with van der Waals surface area (Å²) < 4.78 is 35.9. The molecule has 0 bridgehead atoms. The number of carbonyl (C=O) groups is 1. The Morgan fingerprint density at radius 2 is 1.80 bits per heavy atom. The summed E-state index contributed by atoms with van der Waals surface area (Å²) in [5.74, 6) is 2.25. The molecule has 0 unspecified atom stereocenters. The van der Waals surface area contributed by atoms with Gasteiger partial charge in [-0.15, -0.1) is 0 Å². The zero-order chi connectivity index (χ0) is 21.1. The van der Waals surface area contributed by atoms with Crippen LogP contribution < -0.4 is 18.9 Å². The molecule has 1 saturated heterocycles. The number of likely N-dealkylation sites (tertiary alicyclic amines) is 1. The molecule has 6 nitrogen and oxygen atoms in total. The SMILES string of the molecule is COc1cccc(OC)c1OCC(=O)N1C[C@@H]2CC[C@H](Oc3cccc(F)c3)[C@@H]2C1. The van der Waals surface area contributed by atoms with E-state index in [0.29, 0.717) is 42.0 Å². The molecule has 2 fully saturated rings. The average molecular weight is 415 g/mol. The van der Waals surface area contributed by atoms with Crippen molar-refractivity contribution in [3.05, 3.63) is 48.3 Å². The number of amides is 1. The second-order valence-corrected chi connectivity index (χ2v) is 7.69. The van der Waals surface area contributed by atoms with Crippen molar-refractivity contribution in [1.29, 1.82) is 0 Å². The second kappa shape index (κ2) is 8.81. The molecule has 0 N–H and O–H groups in total. The highest BCUT2D eigenvalue weighted by Crippen LogP contribution is 2.41. The van der Waals surface area contributed by atoms with E-state index < -0.39 is 0 Å². The standard InChI is InChI=1S/C23H26FNO5/c1-27-20-7-4-8-21(28-2)23(20)29-14-22(26)25-12-15-9-10-19(18(15)13-25)30-17-6-3-5-16(24)11-17/h3-8,11,15,18-19H,9-10,12-14H2,1-2H3/t15-,18+,19-/m0/s1. The third-order valence-electron chi connectivity index (χ3n) is 5.95. The number of benzene rings is 2. The first-order valence-corrected chi connectivity index (χ1v) is 10.1. The molecule has 1 saturated carbocycles. The van der Waals surface area contributed by atoms with Crippen LogP contribution in [-0.4, -0.2) is 50.8 Å². The third-order valence-corrected chi connectivity index (χ3v) is 5.95. The minimum atomic E-state index is -0.311. The number of ether oxygens (including phenoxy) is 4. The molecule has 1 amide bonds. The van der Waals surface area contributed by atoms with E-state index in [2.05, 4.69) is 0 Å². The summed E-state index contributed by atoms with van der Waals surface area (Å²) in [5.41, 5.74) is 0. The Hall–Kier alpha value is -2.96. The maximum absolute atomic E-state index is 13.4. The maximum Gasteiger partial charge on any atom is 0.260 e. The fraction of sp³-hybridized carbons (Fsp3) is 0.435. The van der Waals surface area contributed by atoms with E-state index in [1.54, 1.807) is 44.6 Å². The van der Waals surface area contributed by atoms with Crippen LogP contribution in [0.5, 0.6) is 23.0 Å². The highest BCUT2D eigenvalue weighted by atomic mass is 19.1. The van der Waals surface area contributed by atoms with E-state index in [1.807, 2.05) is 4.90 Å². The molecule has 1 heterocycles. The number of fused-ring (bicyclic) bond motifs is 1. The molecule has 7 heteroatoms. The summed E-state index contributed by atoms with van der Waals surface area (Å²) in [5, 5.41) is 0. The Morgan fingerprint density at radius 3 is 2.50 bits per heavy atom. The maximum atomic E-state index is 13.4. The van der Waals surface area contributed by atoms with Crippen molar-refractivity contribution in [2.45, 2.75) is 18.9 Å². The van der Waals surface area contributed by atoms with Gasteiger partial charge in [0.25, 0.3) is 5.91 Å². The minimum absolute atomic E-state index is 0.00942. The lowest BCUT2D eigenvalue weighted by molar-refractivity contribution is -0.132. The third kappa shape index (κ3) is 4.15. The van der Waals surface area contributed by atoms with Gasteiger partial charge in [0.15, 0.2) is 18.1 Å². The predicted molar refractivity (Wildman–Crippen MR) is 109 cm³/mol. The van der Waals surface area contributed by atoms with Crippen LogP contribution >= 0.6 is 0 Å². The number of methoxy groups -OCH3 is 2. The fourth-order valence-corrected chi connectivity index (χ4v) is 4.47. The van der Waals surface area contributed by atoms with Crippen LogP contribution in [0.25, 0.3) is 0 Å². The zero-order valence-corrected chi connectivity index (χ0v) is 17.2. The van der Waals surface area contributed by atoms with Crippen molar-refractivity contribution in [1.82, 2.24) is 4.90 Å². The van der Waals surface area contributed by atoms with Gasteiger partial charge < -0.3 is 23.8 Å². The first kappa shape index (κ1) is 20.3. The Kier molecular flexibility index (Phi) is 5.97. The summed E-state index contributed by atoms with van der Waals surface area (Å²) in [4.78, 5) is 14.6. The van der Waals surface area contributed by atoms with Crippen LogP contribution in [0.4, 0.5) is 4.39 Å². The van der Waals surface area contributed by atoms with Crippen LogP contribution in [-0.2, 0) is 4.79 Å². The van der Waals surface area contributed by atoms with E-state index in [9.17, 15) is 9.18 Å². The number of nitrogens with zero attached hydrogens (tertiary/aromatic N) is 1. The van der Waals surface area contributed by atoms with Crippen molar-refractivity contribution < 1.29 is 28.1 Å². The summed E-state index contributed by atoms with van der Waals surface area (Å²) >= 11 is 0. The molecular weight excluding hydrogens is 389 g/mol. The van der Waals surface area contributed by atoms with Crippen LogP contribution in [0.1, 0.15) is 12.8 Å². The van der Waals surface area contributed by atoms with Crippen molar-refractivity contribution >= 4 is 5.91 Å². The van der Waals surface area contributed by atoms with Crippen molar-refractivity contribution in [2.75, 3.05) is 33.9 Å². The molecular formula is C23H26FNO5. The number of hydrogen-bond donors (Lipinski definition) is 0. The Labute approximate surface area is 175 Å². The average Bonchev–Trinajstić information content (AvgIpc) is 3.34. The molecule has 1 aliphatic heterocycles. The van der Waals surface area contributed by atoms with E-state index in [4.69, 9.17) is 18.9 Å². The minimum Gasteiger partial charge on any atom is -0.493 e. The Morgan fingerprint density at radius 1 is 1.07 bits per heavy atom. The number of para-hydroxylation sites is 1. The topological polar surface area (TPSA) is 57.2 Å². The van der Waals surface area contributed by atoms with Crippen LogP contribution in [0.2, 0.25) is 0 Å². The number of rotatable bonds is 7. The molecule has 0 aromatic heterocycles. The largest absolute Gasteiger partial charge is 0.493 e. The fourth-order valence-electron chi connectivity index (χ4n) is 4.47. The molecule has 0 radical (unpaired) electrons. The molecule has 2 aliphatic rings. The highest BCUT2D eigenvalue weighted by molar-refractivity contribution is 5.78. The summed E-state index contributed by atoms with van der Waals surface area (Å²) in [6.45, 7) is 1.22. The van der Waals surface area contributed by atoms with E-state index >= 15 is 0 Å². The molecule has 1 aliphatic carbocycles. The summed E-state index contributed by atoms with van der Waals surface area (Å²) in [6.07, 6.45) is 1.91. The van der Waals surface area contributed by atoms with Gasteiger partial charge in [-0.25, -0.2) is 4.39 Å². The quantitative estimate of drug-likeness (QED) is 0.692. The lowest BCUT2D eigenvalue weighted by Crippen LogP contribution is -2.35. The van der Waals surface area contributed by atoms with Gasteiger partial charge in [0.2, 0.25) is 5.75 Å². The van der Waals surface area contributed by atoms with Crippen molar-refractivity contribution in [3.8, 4) is 23.0 Å². The zero-order valence-electron chi connectivity index (χ0n) is 17.2. The van der Waals surface area contributed by atoms with Gasteiger partial charge in [-0.2, -0.15) is 0 Å². The molecule has 3 atom stereocenters. The monoisotopic (exact) mass is 415 g/mol. The number of halogens is 1.